The van der Waals surface area contributed by atoms with E-state index in [4.69, 9.17) is 14.9 Å². The first-order valence-corrected chi connectivity index (χ1v) is 9.71. The summed E-state index contributed by atoms with van der Waals surface area (Å²) < 4.78 is 11.1. The molecule has 1 aliphatic heterocycles. The molecular formula is C18H22N4O4S. The van der Waals surface area contributed by atoms with E-state index >= 15 is 0 Å². The van der Waals surface area contributed by atoms with Crippen molar-refractivity contribution < 1.29 is 18.7 Å². The van der Waals surface area contributed by atoms with Crippen LogP contribution in [0.4, 0.5) is 0 Å². The summed E-state index contributed by atoms with van der Waals surface area (Å²) in [6, 6.07) is 7.69. The minimum absolute atomic E-state index is 0.0151. The highest BCUT2D eigenvalue weighted by atomic mass is 32.2. The van der Waals surface area contributed by atoms with Crippen molar-refractivity contribution >= 4 is 23.6 Å². The second-order valence-corrected chi connectivity index (χ2v) is 7.34. The number of aryl methyl sites for hydroxylation is 1. The van der Waals surface area contributed by atoms with Crippen LogP contribution in [0.2, 0.25) is 0 Å². The van der Waals surface area contributed by atoms with Crippen molar-refractivity contribution in [1.29, 1.82) is 0 Å². The van der Waals surface area contributed by atoms with Gasteiger partial charge in [0.1, 0.15) is 5.75 Å². The number of nitrogens with zero attached hydrogens (tertiary/aromatic N) is 3. The smallest absolute Gasteiger partial charge is 0.277 e. The fourth-order valence-corrected chi connectivity index (χ4v) is 3.52. The molecule has 144 valence electrons. The zero-order valence-corrected chi connectivity index (χ0v) is 15.9. The second kappa shape index (κ2) is 8.90. The van der Waals surface area contributed by atoms with E-state index in [1.807, 2.05) is 31.2 Å². The lowest BCUT2D eigenvalue weighted by molar-refractivity contribution is -0.132. The first kappa shape index (κ1) is 19.2. The van der Waals surface area contributed by atoms with Gasteiger partial charge in [-0.3, -0.25) is 9.59 Å². The molecule has 27 heavy (non-hydrogen) atoms. The van der Waals surface area contributed by atoms with Crippen LogP contribution in [-0.2, 0) is 16.2 Å². The van der Waals surface area contributed by atoms with Gasteiger partial charge in [-0.1, -0.05) is 23.9 Å². The lowest BCUT2D eigenvalue weighted by Gasteiger charge is -2.30. The third kappa shape index (κ3) is 5.46. The number of carbonyl (C=O) groups is 2. The average molecular weight is 390 g/mol. The largest absolute Gasteiger partial charge is 0.484 e. The van der Waals surface area contributed by atoms with Crippen molar-refractivity contribution in [3.05, 3.63) is 35.7 Å². The van der Waals surface area contributed by atoms with E-state index in [2.05, 4.69) is 10.2 Å². The summed E-state index contributed by atoms with van der Waals surface area (Å²) in [5.41, 5.74) is 6.41. The molecule has 0 saturated carbocycles. The molecule has 2 N–H and O–H groups in total. The zero-order valence-electron chi connectivity index (χ0n) is 15.1. The fourth-order valence-electron chi connectivity index (χ4n) is 2.83. The van der Waals surface area contributed by atoms with Gasteiger partial charge < -0.3 is 19.8 Å². The first-order valence-electron chi connectivity index (χ1n) is 8.73. The Balaban J connectivity index is 1.43. The Labute approximate surface area is 161 Å². The number of benzene rings is 1. The number of thioether (sulfide) groups is 1. The van der Waals surface area contributed by atoms with Crippen LogP contribution in [0.15, 0.2) is 33.9 Å². The number of hydrogen-bond donors (Lipinski definition) is 1. The molecule has 0 unspecified atom stereocenters. The van der Waals surface area contributed by atoms with Crippen LogP contribution in [0.1, 0.15) is 24.3 Å². The summed E-state index contributed by atoms with van der Waals surface area (Å²) in [4.78, 5) is 25.2. The van der Waals surface area contributed by atoms with E-state index in [-0.39, 0.29) is 30.1 Å². The van der Waals surface area contributed by atoms with Crippen LogP contribution in [0.25, 0.3) is 0 Å². The molecule has 0 aliphatic carbocycles. The molecule has 1 aromatic carbocycles. The van der Waals surface area contributed by atoms with E-state index < -0.39 is 0 Å². The maximum atomic E-state index is 12.3. The van der Waals surface area contributed by atoms with E-state index in [1.165, 1.54) is 11.8 Å². The molecule has 2 aromatic rings. The van der Waals surface area contributed by atoms with Gasteiger partial charge in [-0.2, -0.15) is 0 Å². The quantitative estimate of drug-likeness (QED) is 0.717. The van der Waals surface area contributed by atoms with Crippen molar-refractivity contribution in [2.24, 2.45) is 11.7 Å². The van der Waals surface area contributed by atoms with Crippen molar-refractivity contribution in [2.75, 3.05) is 18.8 Å². The van der Waals surface area contributed by atoms with Gasteiger partial charge in [0.15, 0.2) is 6.61 Å². The van der Waals surface area contributed by atoms with Gasteiger partial charge in [-0.15, -0.1) is 10.2 Å². The molecule has 2 amide bonds. The molecule has 2 heterocycles. The highest BCUT2D eigenvalue weighted by Gasteiger charge is 2.26. The number of primary amides is 1. The number of amides is 2. The molecule has 9 heteroatoms. The van der Waals surface area contributed by atoms with Gasteiger partial charge in [-0.05, 0) is 37.5 Å². The molecule has 8 nitrogen and oxygen atoms in total. The van der Waals surface area contributed by atoms with Gasteiger partial charge in [-0.25, -0.2) is 0 Å². The van der Waals surface area contributed by atoms with Gasteiger partial charge in [0, 0.05) is 19.0 Å². The van der Waals surface area contributed by atoms with Crippen molar-refractivity contribution in [1.82, 2.24) is 15.1 Å². The van der Waals surface area contributed by atoms with Crippen molar-refractivity contribution in [3.8, 4) is 5.75 Å². The Morgan fingerprint density at radius 1 is 1.33 bits per heavy atom. The summed E-state index contributed by atoms with van der Waals surface area (Å²) in [6.45, 7) is 3.26. The minimum Gasteiger partial charge on any atom is -0.484 e. The van der Waals surface area contributed by atoms with Gasteiger partial charge in [0.2, 0.25) is 11.8 Å². The fraction of sp³-hybridized carbons (Fsp3) is 0.444. The lowest BCUT2D eigenvalue weighted by Crippen LogP contribution is -2.42. The van der Waals surface area contributed by atoms with Crippen LogP contribution in [0.3, 0.4) is 0 Å². The molecule has 0 radical (unpaired) electrons. The summed E-state index contributed by atoms with van der Waals surface area (Å²) in [7, 11) is 0. The predicted molar refractivity (Wildman–Crippen MR) is 99.0 cm³/mol. The molecule has 1 fully saturated rings. The Bertz CT molecular complexity index is 802. The highest BCUT2D eigenvalue weighted by Crippen LogP contribution is 2.21. The molecule has 1 saturated heterocycles. The molecule has 0 bridgehead atoms. The molecule has 1 aliphatic rings. The molecular weight excluding hydrogens is 368 g/mol. The maximum Gasteiger partial charge on any atom is 0.277 e. The van der Waals surface area contributed by atoms with E-state index in [9.17, 15) is 9.59 Å². The number of carbonyl (C=O) groups excluding carboxylic acids is 2. The summed E-state index contributed by atoms with van der Waals surface area (Å²) in [6.07, 6.45) is 1.24. The number of likely N-dealkylation sites (tertiary alicyclic amines) is 1. The molecule has 0 atom stereocenters. The van der Waals surface area contributed by atoms with E-state index in [1.54, 1.807) is 4.90 Å². The van der Waals surface area contributed by atoms with Crippen molar-refractivity contribution in [3.63, 3.8) is 0 Å². The van der Waals surface area contributed by atoms with E-state index in [0.29, 0.717) is 37.0 Å². The third-order valence-corrected chi connectivity index (χ3v) is 5.17. The Morgan fingerprint density at radius 3 is 2.81 bits per heavy atom. The van der Waals surface area contributed by atoms with E-state index in [0.717, 1.165) is 11.3 Å². The van der Waals surface area contributed by atoms with Gasteiger partial charge >= 0.3 is 0 Å². The van der Waals surface area contributed by atoms with Crippen LogP contribution < -0.4 is 10.5 Å². The van der Waals surface area contributed by atoms with Crippen molar-refractivity contribution in [2.45, 2.75) is 31.6 Å². The topological polar surface area (TPSA) is 112 Å². The SMILES string of the molecule is Cc1cccc(OCc2nnc(SCC(=O)N3CCC(C(N)=O)CC3)o2)c1. The molecule has 1 aromatic heterocycles. The predicted octanol–water partition coefficient (Wildman–Crippen LogP) is 1.77. The van der Waals surface area contributed by atoms with Crippen LogP contribution in [0.5, 0.6) is 5.75 Å². The number of aromatic nitrogens is 2. The van der Waals surface area contributed by atoms with Gasteiger partial charge in [0.25, 0.3) is 11.1 Å². The minimum atomic E-state index is -0.289. The lowest BCUT2D eigenvalue weighted by atomic mass is 9.96. The average Bonchev–Trinajstić information content (AvgIpc) is 3.12. The number of rotatable bonds is 7. The Morgan fingerprint density at radius 2 is 2.11 bits per heavy atom. The number of nitrogens with two attached hydrogens (primary N) is 1. The number of piperidine rings is 1. The monoisotopic (exact) mass is 390 g/mol. The highest BCUT2D eigenvalue weighted by molar-refractivity contribution is 7.99. The molecule has 3 rings (SSSR count). The van der Waals surface area contributed by atoms with Gasteiger partial charge in [0.05, 0.1) is 5.75 Å². The third-order valence-electron chi connectivity index (χ3n) is 4.37. The Kier molecular flexibility index (Phi) is 6.33. The normalized spacial score (nSPS) is 14.9. The van der Waals surface area contributed by atoms with Crippen LogP contribution in [-0.4, -0.2) is 45.8 Å². The second-order valence-electron chi connectivity index (χ2n) is 6.41. The number of hydrogen-bond acceptors (Lipinski definition) is 7. The van der Waals surface area contributed by atoms with Crippen LogP contribution in [0, 0.1) is 12.8 Å². The summed E-state index contributed by atoms with van der Waals surface area (Å²) in [5.74, 6) is 0.863. The van der Waals surface area contributed by atoms with Crippen LogP contribution >= 0.6 is 11.8 Å². The zero-order chi connectivity index (χ0) is 19.2. The molecule has 0 spiro atoms. The summed E-state index contributed by atoms with van der Waals surface area (Å²) >= 11 is 1.20. The maximum absolute atomic E-state index is 12.3. The summed E-state index contributed by atoms with van der Waals surface area (Å²) in [5, 5.41) is 8.20. The Hall–Kier alpha value is -2.55. The number of ether oxygens (including phenoxy) is 1. The first-order chi connectivity index (χ1) is 13.0. The standard InChI is InChI=1S/C18H22N4O4S/c1-12-3-2-4-14(9-12)25-10-15-20-21-18(26-15)27-11-16(23)22-7-5-13(6-8-22)17(19)24/h2-4,9,13H,5-8,10-11H2,1H3,(H2,19,24).